The van der Waals surface area contributed by atoms with E-state index in [1.807, 2.05) is 38.1 Å². The normalized spacial score (nSPS) is 10.4. The van der Waals surface area contributed by atoms with Gasteiger partial charge in [0.05, 0.1) is 0 Å². The number of pyridine rings is 1. The highest BCUT2D eigenvalue weighted by atomic mass is 35.5. The molecular formula is C22H20ClN3O2. The first-order valence-electron chi connectivity index (χ1n) is 8.90. The van der Waals surface area contributed by atoms with Crippen LogP contribution in [0.2, 0.25) is 5.02 Å². The Hall–Kier alpha value is -3.18. The molecule has 0 aliphatic heterocycles. The number of rotatable bonds is 5. The number of aryl methyl sites for hydroxylation is 1. The standard InChI is InChI=1S/C22H20ClN3O2/c1-3-26(18-7-4-6-15(2)14-18)22(28)20-9-5-8-19(25-20)21(27)24-17-12-10-16(23)11-13-17/h4-14H,3H2,1-2H3,(H,24,27). The molecule has 1 heterocycles. The van der Waals surface area contributed by atoms with E-state index in [0.717, 1.165) is 11.3 Å². The highest BCUT2D eigenvalue weighted by Gasteiger charge is 2.19. The Morgan fingerprint density at radius 3 is 2.36 bits per heavy atom. The molecule has 0 aliphatic carbocycles. The van der Waals surface area contributed by atoms with Crippen molar-refractivity contribution in [2.24, 2.45) is 0 Å². The molecule has 2 amide bonds. The van der Waals surface area contributed by atoms with Crippen molar-refractivity contribution in [1.82, 2.24) is 4.98 Å². The van der Waals surface area contributed by atoms with Crippen LogP contribution in [0.1, 0.15) is 33.5 Å². The van der Waals surface area contributed by atoms with E-state index in [-0.39, 0.29) is 17.3 Å². The van der Waals surface area contributed by atoms with E-state index in [2.05, 4.69) is 10.3 Å². The predicted molar refractivity (Wildman–Crippen MR) is 112 cm³/mol. The number of nitrogens with one attached hydrogen (secondary N) is 1. The number of amides is 2. The molecule has 1 aromatic heterocycles. The Labute approximate surface area is 169 Å². The third kappa shape index (κ3) is 4.56. The predicted octanol–water partition coefficient (Wildman–Crippen LogP) is 4.96. The van der Waals surface area contributed by atoms with E-state index in [0.29, 0.717) is 17.3 Å². The third-order valence-electron chi connectivity index (χ3n) is 4.18. The van der Waals surface area contributed by atoms with Crippen molar-refractivity contribution in [3.8, 4) is 0 Å². The Balaban J connectivity index is 1.82. The molecule has 3 aromatic rings. The third-order valence-corrected chi connectivity index (χ3v) is 4.43. The molecule has 0 unspecified atom stereocenters. The summed E-state index contributed by atoms with van der Waals surface area (Å²) in [5.74, 6) is -0.648. The quantitative estimate of drug-likeness (QED) is 0.666. The SMILES string of the molecule is CCN(C(=O)c1cccc(C(=O)Nc2ccc(Cl)cc2)n1)c1cccc(C)c1. The lowest BCUT2D eigenvalue weighted by Gasteiger charge is -2.21. The van der Waals surface area contributed by atoms with Gasteiger partial charge in [-0.2, -0.15) is 0 Å². The second-order valence-electron chi connectivity index (χ2n) is 6.26. The highest BCUT2D eigenvalue weighted by molar-refractivity contribution is 6.30. The van der Waals surface area contributed by atoms with Crippen molar-refractivity contribution in [2.75, 3.05) is 16.8 Å². The molecule has 3 rings (SSSR count). The fraction of sp³-hybridized carbons (Fsp3) is 0.136. The van der Waals surface area contributed by atoms with Gasteiger partial charge in [0.2, 0.25) is 0 Å². The lowest BCUT2D eigenvalue weighted by atomic mass is 10.2. The summed E-state index contributed by atoms with van der Waals surface area (Å²) in [6.45, 7) is 4.37. The molecule has 0 bridgehead atoms. The minimum atomic E-state index is -0.393. The number of hydrogen-bond donors (Lipinski definition) is 1. The van der Waals surface area contributed by atoms with Crippen molar-refractivity contribution < 1.29 is 9.59 Å². The van der Waals surface area contributed by atoms with Crippen LogP contribution in [0.15, 0.2) is 66.7 Å². The number of halogens is 1. The number of carbonyl (C=O) groups is 2. The van der Waals surface area contributed by atoms with Gasteiger partial charge in [-0.15, -0.1) is 0 Å². The molecule has 0 spiro atoms. The number of anilines is 2. The molecule has 142 valence electrons. The molecule has 28 heavy (non-hydrogen) atoms. The van der Waals surface area contributed by atoms with Gasteiger partial charge in [-0.25, -0.2) is 4.98 Å². The topological polar surface area (TPSA) is 62.3 Å². The van der Waals surface area contributed by atoms with Gasteiger partial charge in [0.25, 0.3) is 11.8 Å². The monoisotopic (exact) mass is 393 g/mol. The first kappa shape index (κ1) is 19.6. The van der Waals surface area contributed by atoms with Crippen molar-refractivity contribution in [3.05, 3.63) is 88.7 Å². The maximum Gasteiger partial charge on any atom is 0.276 e. The summed E-state index contributed by atoms with van der Waals surface area (Å²) < 4.78 is 0. The number of aromatic nitrogens is 1. The Morgan fingerprint density at radius 2 is 1.68 bits per heavy atom. The van der Waals surface area contributed by atoms with Gasteiger partial charge < -0.3 is 10.2 Å². The van der Waals surface area contributed by atoms with Gasteiger partial charge in [0.1, 0.15) is 11.4 Å². The van der Waals surface area contributed by atoms with E-state index in [4.69, 9.17) is 11.6 Å². The average Bonchev–Trinajstić information content (AvgIpc) is 2.70. The summed E-state index contributed by atoms with van der Waals surface area (Å²) in [6, 6.07) is 19.3. The summed E-state index contributed by atoms with van der Waals surface area (Å²) in [6.07, 6.45) is 0. The Kier molecular flexibility index (Phi) is 6.06. The van der Waals surface area contributed by atoms with Crippen molar-refractivity contribution in [1.29, 1.82) is 0 Å². The smallest absolute Gasteiger partial charge is 0.276 e. The molecule has 1 N–H and O–H groups in total. The van der Waals surface area contributed by atoms with Gasteiger partial charge in [0.15, 0.2) is 0 Å². The lowest BCUT2D eigenvalue weighted by molar-refractivity contribution is 0.0983. The van der Waals surface area contributed by atoms with Crippen LogP contribution in [0.5, 0.6) is 0 Å². The lowest BCUT2D eigenvalue weighted by Crippen LogP contribution is -2.31. The van der Waals surface area contributed by atoms with Gasteiger partial charge in [-0.05, 0) is 67.9 Å². The number of benzene rings is 2. The number of hydrogen-bond acceptors (Lipinski definition) is 3. The van der Waals surface area contributed by atoms with E-state index < -0.39 is 5.91 Å². The minimum absolute atomic E-state index is 0.168. The second-order valence-corrected chi connectivity index (χ2v) is 6.69. The molecule has 0 fully saturated rings. The fourth-order valence-electron chi connectivity index (χ4n) is 2.79. The van der Waals surface area contributed by atoms with E-state index in [1.54, 1.807) is 47.4 Å². The maximum atomic E-state index is 13.0. The summed E-state index contributed by atoms with van der Waals surface area (Å²) >= 11 is 5.86. The zero-order valence-corrected chi connectivity index (χ0v) is 16.4. The molecule has 5 nitrogen and oxygen atoms in total. The van der Waals surface area contributed by atoms with Gasteiger partial charge in [0, 0.05) is 22.9 Å². The summed E-state index contributed by atoms with van der Waals surface area (Å²) in [4.78, 5) is 31.4. The van der Waals surface area contributed by atoms with Crippen LogP contribution in [0.4, 0.5) is 11.4 Å². The van der Waals surface area contributed by atoms with E-state index in [9.17, 15) is 9.59 Å². The molecule has 0 aliphatic rings. The van der Waals surface area contributed by atoms with Crippen molar-refractivity contribution >= 4 is 34.8 Å². The molecular weight excluding hydrogens is 374 g/mol. The molecule has 0 saturated heterocycles. The van der Waals surface area contributed by atoms with Gasteiger partial charge in [-0.3, -0.25) is 9.59 Å². The number of nitrogens with zero attached hydrogens (tertiary/aromatic N) is 2. The Bertz CT molecular complexity index is 1000. The minimum Gasteiger partial charge on any atom is -0.321 e. The molecule has 0 saturated carbocycles. The van der Waals surface area contributed by atoms with Crippen LogP contribution < -0.4 is 10.2 Å². The van der Waals surface area contributed by atoms with Crippen LogP contribution >= 0.6 is 11.6 Å². The molecule has 6 heteroatoms. The van der Waals surface area contributed by atoms with Crippen LogP contribution in [0, 0.1) is 6.92 Å². The second kappa shape index (κ2) is 8.67. The van der Waals surface area contributed by atoms with E-state index >= 15 is 0 Å². The first-order chi connectivity index (χ1) is 13.5. The van der Waals surface area contributed by atoms with Crippen molar-refractivity contribution in [3.63, 3.8) is 0 Å². The summed E-state index contributed by atoms with van der Waals surface area (Å²) in [5, 5.41) is 3.33. The Morgan fingerprint density at radius 1 is 1.00 bits per heavy atom. The zero-order valence-electron chi connectivity index (χ0n) is 15.6. The van der Waals surface area contributed by atoms with Crippen LogP contribution in [0.3, 0.4) is 0 Å². The summed E-state index contributed by atoms with van der Waals surface area (Å²) in [7, 11) is 0. The average molecular weight is 394 g/mol. The van der Waals surface area contributed by atoms with Crippen LogP contribution in [-0.2, 0) is 0 Å². The van der Waals surface area contributed by atoms with Gasteiger partial charge >= 0.3 is 0 Å². The fourth-order valence-corrected chi connectivity index (χ4v) is 2.91. The summed E-state index contributed by atoms with van der Waals surface area (Å²) in [5.41, 5.74) is 2.84. The first-order valence-corrected chi connectivity index (χ1v) is 9.28. The van der Waals surface area contributed by atoms with Crippen molar-refractivity contribution in [2.45, 2.75) is 13.8 Å². The zero-order chi connectivity index (χ0) is 20.1. The van der Waals surface area contributed by atoms with Gasteiger partial charge in [-0.1, -0.05) is 29.8 Å². The molecule has 0 atom stereocenters. The van der Waals surface area contributed by atoms with Crippen LogP contribution in [0.25, 0.3) is 0 Å². The largest absolute Gasteiger partial charge is 0.321 e. The van der Waals surface area contributed by atoms with E-state index in [1.165, 1.54) is 0 Å². The molecule has 0 radical (unpaired) electrons. The maximum absolute atomic E-state index is 13.0. The highest BCUT2D eigenvalue weighted by Crippen LogP contribution is 2.19. The van der Waals surface area contributed by atoms with Crippen LogP contribution in [-0.4, -0.2) is 23.3 Å². The molecule has 2 aromatic carbocycles. The number of carbonyl (C=O) groups excluding carboxylic acids is 2.